The van der Waals surface area contributed by atoms with Gasteiger partial charge >= 0.3 is 0 Å². The first-order valence-corrected chi connectivity index (χ1v) is 5.04. The highest BCUT2D eigenvalue weighted by Gasteiger charge is 2.13. The zero-order valence-corrected chi connectivity index (χ0v) is 10.5. The Kier molecular flexibility index (Phi) is 6.83. The summed E-state index contributed by atoms with van der Waals surface area (Å²) < 4.78 is 0. The zero-order valence-electron chi connectivity index (χ0n) is 9.66. The molecule has 0 aliphatic carbocycles. The van der Waals surface area contributed by atoms with Crippen LogP contribution < -0.4 is 5.32 Å². The molecule has 88 valence electrons. The van der Waals surface area contributed by atoms with E-state index in [2.05, 4.69) is 17.2 Å². The van der Waals surface area contributed by atoms with E-state index in [4.69, 9.17) is 5.11 Å². The summed E-state index contributed by atoms with van der Waals surface area (Å²) in [6.07, 6.45) is 0. The molecule has 0 spiro atoms. The molecule has 3 heteroatoms. The van der Waals surface area contributed by atoms with Gasteiger partial charge in [-0.1, -0.05) is 30.0 Å². The normalized spacial score (nSPS) is 9.94. The Bertz CT molecular complexity index is 351. The van der Waals surface area contributed by atoms with Gasteiger partial charge in [-0.25, -0.2) is 0 Å². The maximum Gasteiger partial charge on any atom is 0.0608 e. The molecular formula is C13H18ClNO. The fourth-order valence-corrected chi connectivity index (χ4v) is 1.01. The van der Waals surface area contributed by atoms with Crippen molar-refractivity contribution in [3.63, 3.8) is 0 Å². The van der Waals surface area contributed by atoms with Crippen LogP contribution in [-0.2, 0) is 0 Å². The number of nitrogens with one attached hydrogen (secondary N) is 1. The molecular weight excluding hydrogens is 222 g/mol. The molecule has 1 aromatic carbocycles. The van der Waals surface area contributed by atoms with Crippen molar-refractivity contribution in [1.29, 1.82) is 0 Å². The van der Waals surface area contributed by atoms with Gasteiger partial charge in [0.05, 0.1) is 13.2 Å². The second kappa shape index (κ2) is 7.29. The Labute approximate surface area is 103 Å². The molecule has 0 radical (unpaired) electrons. The minimum atomic E-state index is -0.259. The van der Waals surface area contributed by atoms with E-state index in [1.807, 2.05) is 44.2 Å². The van der Waals surface area contributed by atoms with Gasteiger partial charge in [0.2, 0.25) is 0 Å². The fourth-order valence-electron chi connectivity index (χ4n) is 1.01. The summed E-state index contributed by atoms with van der Waals surface area (Å²) in [6, 6.07) is 9.86. The average Bonchev–Trinajstić information content (AvgIpc) is 2.26. The summed E-state index contributed by atoms with van der Waals surface area (Å²) in [4.78, 5) is 0. The Morgan fingerprint density at radius 1 is 1.25 bits per heavy atom. The second-order valence-corrected chi connectivity index (χ2v) is 4.06. The van der Waals surface area contributed by atoms with Gasteiger partial charge < -0.3 is 5.11 Å². The molecule has 0 heterocycles. The van der Waals surface area contributed by atoms with Crippen LogP contribution in [0, 0.1) is 11.8 Å². The first-order valence-electron chi connectivity index (χ1n) is 5.04. The van der Waals surface area contributed by atoms with Gasteiger partial charge in [0.15, 0.2) is 0 Å². The molecule has 0 aliphatic heterocycles. The van der Waals surface area contributed by atoms with E-state index in [-0.39, 0.29) is 24.6 Å². The summed E-state index contributed by atoms with van der Waals surface area (Å²) in [6.45, 7) is 4.58. The van der Waals surface area contributed by atoms with E-state index < -0.39 is 0 Å². The largest absolute Gasteiger partial charge is 0.394 e. The van der Waals surface area contributed by atoms with Crippen molar-refractivity contribution in [3.8, 4) is 11.8 Å². The van der Waals surface area contributed by atoms with Crippen LogP contribution in [0.25, 0.3) is 0 Å². The van der Waals surface area contributed by atoms with E-state index in [0.717, 1.165) is 5.56 Å². The van der Waals surface area contributed by atoms with Crippen molar-refractivity contribution < 1.29 is 5.11 Å². The number of hydrogen-bond donors (Lipinski definition) is 2. The Morgan fingerprint density at radius 3 is 2.44 bits per heavy atom. The van der Waals surface area contributed by atoms with E-state index in [0.29, 0.717) is 6.54 Å². The molecule has 0 saturated carbocycles. The van der Waals surface area contributed by atoms with E-state index in [1.165, 1.54) is 0 Å². The SMILES string of the molecule is CC(C)(CO)NCC#Cc1ccccc1.Cl. The van der Waals surface area contributed by atoms with Gasteiger partial charge in [-0.05, 0) is 26.0 Å². The molecule has 0 saturated heterocycles. The van der Waals surface area contributed by atoms with Gasteiger partial charge in [-0.3, -0.25) is 5.32 Å². The van der Waals surface area contributed by atoms with Crippen LogP contribution in [0.3, 0.4) is 0 Å². The summed E-state index contributed by atoms with van der Waals surface area (Å²) in [5.41, 5.74) is 0.756. The molecule has 2 nitrogen and oxygen atoms in total. The lowest BCUT2D eigenvalue weighted by atomic mass is 10.1. The molecule has 0 aliphatic rings. The maximum absolute atomic E-state index is 9.00. The highest BCUT2D eigenvalue weighted by Crippen LogP contribution is 1.98. The van der Waals surface area contributed by atoms with Gasteiger partial charge in [0.25, 0.3) is 0 Å². The zero-order chi connectivity index (χ0) is 11.1. The van der Waals surface area contributed by atoms with Crippen molar-refractivity contribution in [2.45, 2.75) is 19.4 Å². The molecule has 2 N–H and O–H groups in total. The van der Waals surface area contributed by atoms with Crippen molar-refractivity contribution >= 4 is 12.4 Å². The lowest BCUT2D eigenvalue weighted by Crippen LogP contribution is -2.42. The van der Waals surface area contributed by atoms with Crippen molar-refractivity contribution in [1.82, 2.24) is 5.32 Å². The van der Waals surface area contributed by atoms with Crippen LogP contribution in [0.4, 0.5) is 0 Å². The lowest BCUT2D eigenvalue weighted by Gasteiger charge is -2.21. The van der Waals surface area contributed by atoms with Crippen molar-refractivity contribution in [3.05, 3.63) is 35.9 Å². The number of rotatable bonds is 3. The lowest BCUT2D eigenvalue weighted by molar-refractivity contribution is 0.193. The molecule has 0 unspecified atom stereocenters. The highest BCUT2D eigenvalue weighted by atomic mass is 35.5. The van der Waals surface area contributed by atoms with Crippen LogP contribution >= 0.6 is 12.4 Å². The Hall–Kier alpha value is -1.01. The van der Waals surface area contributed by atoms with Crippen molar-refractivity contribution in [2.24, 2.45) is 0 Å². The molecule has 0 aromatic heterocycles. The first-order chi connectivity index (χ1) is 7.14. The van der Waals surface area contributed by atoms with Crippen LogP contribution in [-0.4, -0.2) is 23.8 Å². The molecule has 0 bridgehead atoms. The summed E-state index contributed by atoms with van der Waals surface area (Å²) in [5.74, 6) is 6.07. The Balaban J connectivity index is 0.00000225. The molecule has 16 heavy (non-hydrogen) atoms. The first kappa shape index (κ1) is 15.0. The highest BCUT2D eigenvalue weighted by molar-refractivity contribution is 5.85. The van der Waals surface area contributed by atoms with Gasteiger partial charge in [0.1, 0.15) is 0 Å². The maximum atomic E-state index is 9.00. The number of aliphatic hydroxyl groups excluding tert-OH is 1. The number of halogens is 1. The summed E-state index contributed by atoms with van der Waals surface area (Å²) in [7, 11) is 0. The van der Waals surface area contributed by atoms with Gasteiger partial charge in [0, 0.05) is 11.1 Å². The topological polar surface area (TPSA) is 32.3 Å². The third kappa shape index (κ3) is 5.77. The van der Waals surface area contributed by atoms with Crippen LogP contribution in [0.5, 0.6) is 0 Å². The van der Waals surface area contributed by atoms with E-state index in [9.17, 15) is 0 Å². The average molecular weight is 240 g/mol. The standard InChI is InChI=1S/C13H17NO.ClH/c1-13(2,11-15)14-10-6-9-12-7-4-3-5-8-12;/h3-5,7-8,14-15H,10-11H2,1-2H3;1H. The van der Waals surface area contributed by atoms with Crippen molar-refractivity contribution in [2.75, 3.05) is 13.2 Å². The fraction of sp³-hybridized carbons (Fsp3) is 0.385. The third-order valence-electron chi connectivity index (χ3n) is 2.06. The number of hydrogen-bond acceptors (Lipinski definition) is 2. The number of aliphatic hydroxyl groups is 1. The third-order valence-corrected chi connectivity index (χ3v) is 2.06. The Morgan fingerprint density at radius 2 is 1.88 bits per heavy atom. The monoisotopic (exact) mass is 239 g/mol. The molecule has 0 amide bonds. The quantitative estimate of drug-likeness (QED) is 0.789. The second-order valence-electron chi connectivity index (χ2n) is 4.06. The van der Waals surface area contributed by atoms with E-state index >= 15 is 0 Å². The van der Waals surface area contributed by atoms with E-state index in [1.54, 1.807) is 0 Å². The summed E-state index contributed by atoms with van der Waals surface area (Å²) >= 11 is 0. The van der Waals surface area contributed by atoms with Crippen LogP contribution in [0.1, 0.15) is 19.4 Å². The predicted octanol–water partition coefficient (Wildman–Crippen LogP) is 1.82. The smallest absolute Gasteiger partial charge is 0.0608 e. The van der Waals surface area contributed by atoms with Gasteiger partial charge in [-0.2, -0.15) is 0 Å². The minimum Gasteiger partial charge on any atom is -0.394 e. The predicted molar refractivity (Wildman–Crippen MR) is 69.7 cm³/mol. The number of benzene rings is 1. The molecule has 1 aromatic rings. The summed E-state index contributed by atoms with van der Waals surface area (Å²) in [5, 5.41) is 12.2. The molecule has 0 atom stereocenters. The van der Waals surface area contributed by atoms with Crippen LogP contribution in [0.2, 0.25) is 0 Å². The molecule has 1 rings (SSSR count). The van der Waals surface area contributed by atoms with Gasteiger partial charge in [-0.15, -0.1) is 12.4 Å². The molecule has 0 fully saturated rings. The van der Waals surface area contributed by atoms with Crippen LogP contribution in [0.15, 0.2) is 30.3 Å². The minimum absolute atomic E-state index is 0.